The topological polar surface area (TPSA) is 88.9 Å². The predicted molar refractivity (Wildman–Crippen MR) is 89.7 cm³/mol. The Labute approximate surface area is 135 Å². The zero-order chi connectivity index (χ0) is 16.2. The van der Waals surface area contributed by atoms with Crippen molar-refractivity contribution in [2.24, 2.45) is 0 Å². The number of hydrogen-bond acceptors (Lipinski definition) is 5. The minimum absolute atomic E-state index is 0.129. The number of nitrogens with two attached hydrogens (primary N) is 1. The molecule has 0 unspecified atom stereocenters. The van der Waals surface area contributed by atoms with Crippen LogP contribution >= 0.6 is 0 Å². The van der Waals surface area contributed by atoms with E-state index in [0.717, 1.165) is 36.6 Å². The van der Waals surface area contributed by atoms with E-state index in [4.69, 9.17) is 11.0 Å². The van der Waals surface area contributed by atoms with Crippen molar-refractivity contribution in [1.82, 2.24) is 5.32 Å². The number of rotatable bonds is 2. The lowest BCUT2D eigenvalue weighted by Gasteiger charge is -2.38. The van der Waals surface area contributed by atoms with E-state index in [0.29, 0.717) is 11.1 Å². The van der Waals surface area contributed by atoms with E-state index >= 15 is 0 Å². The largest absolute Gasteiger partial charge is 0.399 e. The maximum atomic E-state index is 9.44. The second-order valence-corrected chi connectivity index (χ2v) is 5.54. The highest BCUT2D eigenvalue weighted by molar-refractivity contribution is 5.63. The lowest BCUT2D eigenvalue weighted by molar-refractivity contribution is 0.489. The molecule has 0 spiro atoms. The first-order chi connectivity index (χ1) is 11.2. The average Bonchev–Trinajstić information content (AvgIpc) is 2.62. The summed E-state index contributed by atoms with van der Waals surface area (Å²) in [5, 5.41) is 21.9. The summed E-state index contributed by atoms with van der Waals surface area (Å²) >= 11 is 0. The fraction of sp³-hybridized carbons (Fsp3) is 0.222. The molecule has 0 aromatic heterocycles. The summed E-state index contributed by atoms with van der Waals surface area (Å²) < 4.78 is 0. The van der Waals surface area contributed by atoms with Gasteiger partial charge in [0.2, 0.25) is 0 Å². The molecular weight excluding hydrogens is 286 g/mol. The van der Waals surface area contributed by atoms with Gasteiger partial charge in [0.15, 0.2) is 0 Å². The number of nitrogen functional groups attached to an aromatic ring is 1. The van der Waals surface area contributed by atoms with Crippen LogP contribution in [0.2, 0.25) is 0 Å². The molecule has 0 saturated carbocycles. The van der Waals surface area contributed by atoms with Crippen molar-refractivity contribution >= 4 is 11.4 Å². The van der Waals surface area contributed by atoms with Crippen LogP contribution in [0, 0.1) is 22.7 Å². The fourth-order valence-electron chi connectivity index (χ4n) is 2.95. The number of anilines is 2. The number of nitrogens with one attached hydrogen (secondary N) is 1. The molecule has 0 radical (unpaired) electrons. The highest BCUT2D eigenvalue weighted by Crippen LogP contribution is 2.31. The van der Waals surface area contributed by atoms with Gasteiger partial charge in [-0.25, -0.2) is 0 Å². The summed E-state index contributed by atoms with van der Waals surface area (Å²) in [7, 11) is 0. The summed E-state index contributed by atoms with van der Waals surface area (Å²) in [5.74, 6) is 0. The van der Waals surface area contributed by atoms with Crippen molar-refractivity contribution in [3.8, 4) is 12.1 Å². The van der Waals surface area contributed by atoms with E-state index in [1.54, 1.807) is 12.1 Å². The molecule has 5 heteroatoms. The number of piperazine rings is 1. The van der Waals surface area contributed by atoms with Gasteiger partial charge in [-0.2, -0.15) is 10.5 Å². The Balaban J connectivity index is 2.01. The normalized spacial score (nSPS) is 17.3. The summed E-state index contributed by atoms with van der Waals surface area (Å²) in [4.78, 5) is 2.22. The van der Waals surface area contributed by atoms with Crippen LogP contribution < -0.4 is 16.0 Å². The number of benzene rings is 2. The Morgan fingerprint density at radius 1 is 1.09 bits per heavy atom. The van der Waals surface area contributed by atoms with Crippen molar-refractivity contribution in [1.29, 1.82) is 10.5 Å². The molecule has 0 amide bonds. The number of hydrogen-bond donors (Lipinski definition) is 2. The van der Waals surface area contributed by atoms with Crippen LogP contribution in [0.5, 0.6) is 0 Å². The number of nitriles is 2. The molecule has 1 fully saturated rings. The van der Waals surface area contributed by atoms with E-state index in [1.165, 1.54) is 0 Å². The highest BCUT2D eigenvalue weighted by Gasteiger charge is 2.25. The molecule has 0 aliphatic carbocycles. The maximum Gasteiger partial charge on any atom is 0.101 e. The smallest absolute Gasteiger partial charge is 0.101 e. The van der Waals surface area contributed by atoms with Crippen LogP contribution in [-0.2, 0) is 0 Å². The Morgan fingerprint density at radius 3 is 2.57 bits per heavy atom. The molecular formula is C18H17N5. The first kappa shape index (κ1) is 14.9. The molecule has 1 aliphatic heterocycles. The van der Waals surface area contributed by atoms with Crippen LogP contribution in [0.1, 0.15) is 22.7 Å². The standard InChI is InChI=1S/C18H17N5/c19-10-13-1-6-17(15(9-13)11-20)23-8-7-22-12-18(23)14-2-4-16(21)5-3-14/h1-6,9,18,22H,7-8,12,21H2/t18-/m0/s1. The van der Waals surface area contributed by atoms with Gasteiger partial charge in [0.05, 0.1) is 28.9 Å². The first-order valence-corrected chi connectivity index (χ1v) is 7.50. The van der Waals surface area contributed by atoms with Crippen molar-refractivity contribution in [2.45, 2.75) is 6.04 Å². The van der Waals surface area contributed by atoms with Gasteiger partial charge in [0.25, 0.3) is 0 Å². The molecule has 2 aromatic rings. The Bertz CT molecular complexity index is 783. The molecule has 23 heavy (non-hydrogen) atoms. The molecule has 0 bridgehead atoms. The minimum atomic E-state index is 0.129. The van der Waals surface area contributed by atoms with Gasteiger partial charge in [0, 0.05) is 25.3 Å². The highest BCUT2D eigenvalue weighted by atomic mass is 15.2. The van der Waals surface area contributed by atoms with Gasteiger partial charge in [-0.05, 0) is 35.9 Å². The van der Waals surface area contributed by atoms with Crippen molar-refractivity contribution in [3.63, 3.8) is 0 Å². The van der Waals surface area contributed by atoms with Crippen LogP contribution in [-0.4, -0.2) is 19.6 Å². The van der Waals surface area contributed by atoms with E-state index in [-0.39, 0.29) is 6.04 Å². The zero-order valence-electron chi connectivity index (χ0n) is 12.7. The third-order valence-electron chi connectivity index (χ3n) is 4.12. The predicted octanol–water partition coefficient (Wildman–Crippen LogP) is 2.16. The lowest BCUT2D eigenvalue weighted by Crippen LogP contribution is -2.46. The Hall–Kier alpha value is -3.02. The number of nitrogens with zero attached hydrogens (tertiary/aromatic N) is 3. The van der Waals surface area contributed by atoms with Crippen LogP contribution in [0.3, 0.4) is 0 Å². The van der Waals surface area contributed by atoms with Crippen molar-refractivity contribution in [3.05, 3.63) is 59.2 Å². The van der Waals surface area contributed by atoms with Crippen molar-refractivity contribution < 1.29 is 0 Å². The molecule has 1 heterocycles. The summed E-state index contributed by atoms with van der Waals surface area (Å²) in [6.07, 6.45) is 0. The summed E-state index contributed by atoms with van der Waals surface area (Å²) in [5.41, 5.74) is 9.57. The summed E-state index contributed by atoms with van der Waals surface area (Å²) in [6, 6.07) is 17.5. The molecule has 114 valence electrons. The first-order valence-electron chi connectivity index (χ1n) is 7.50. The van der Waals surface area contributed by atoms with Gasteiger partial charge >= 0.3 is 0 Å². The maximum absolute atomic E-state index is 9.44. The molecule has 1 atom stereocenters. The SMILES string of the molecule is N#Cc1ccc(N2CCNC[C@H]2c2ccc(N)cc2)c(C#N)c1. The molecule has 3 N–H and O–H groups in total. The van der Waals surface area contributed by atoms with E-state index in [2.05, 4.69) is 22.4 Å². The third-order valence-corrected chi connectivity index (χ3v) is 4.12. The molecule has 3 rings (SSSR count). The lowest BCUT2D eigenvalue weighted by atomic mass is 10.00. The third kappa shape index (κ3) is 2.96. The van der Waals surface area contributed by atoms with Gasteiger partial charge in [-0.15, -0.1) is 0 Å². The van der Waals surface area contributed by atoms with Crippen LogP contribution in [0.4, 0.5) is 11.4 Å². The monoisotopic (exact) mass is 303 g/mol. The van der Waals surface area contributed by atoms with E-state index < -0.39 is 0 Å². The second-order valence-electron chi connectivity index (χ2n) is 5.54. The van der Waals surface area contributed by atoms with Gasteiger partial charge in [0.1, 0.15) is 6.07 Å². The average molecular weight is 303 g/mol. The van der Waals surface area contributed by atoms with E-state index in [1.807, 2.05) is 30.3 Å². The minimum Gasteiger partial charge on any atom is -0.399 e. The quantitative estimate of drug-likeness (QED) is 0.830. The second kappa shape index (κ2) is 6.39. The van der Waals surface area contributed by atoms with Crippen LogP contribution in [0.25, 0.3) is 0 Å². The van der Waals surface area contributed by atoms with Gasteiger partial charge in [-0.3, -0.25) is 0 Å². The summed E-state index contributed by atoms with van der Waals surface area (Å²) in [6.45, 7) is 2.46. The van der Waals surface area contributed by atoms with Crippen LogP contribution in [0.15, 0.2) is 42.5 Å². The molecule has 1 saturated heterocycles. The van der Waals surface area contributed by atoms with Gasteiger partial charge in [-0.1, -0.05) is 12.1 Å². The molecule has 1 aliphatic rings. The molecule has 5 nitrogen and oxygen atoms in total. The van der Waals surface area contributed by atoms with E-state index in [9.17, 15) is 5.26 Å². The zero-order valence-corrected chi connectivity index (χ0v) is 12.7. The Morgan fingerprint density at radius 2 is 1.87 bits per heavy atom. The van der Waals surface area contributed by atoms with Crippen molar-refractivity contribution in [2.75, 3.05) is 30.3 Å². The fourth-order valence-corrected chi connectivity index (χ4v) is 2.95. The van der Waals surface area contributed by atoms with Gasteiger partial charge < -0.3 is 16.0 Å². The Kier molecular flexibility index (Phi) is 4.14. The molecule has 2 aromatic carbocycles.